The van der Waals surface area contributed by atoms with Crippen LogP contribution in [0.3, 0.4) is 0 Å². The van der Waals surface area contributed by atoms with E-state index >= 15 is 0 Å². The number of aromatic nitrogens is 1. The minimum atomic E-state index is 0.115. The predicted octanol–water partition coefficient (Wildman–Crippen LogP) is 4.95. The van der Waals surface area contributed by atoms with Crippen LogP contribution in [0.5, 0.6) is 0 Å². The van der Waals surface area contributed by atoms with E-state index in [1.165, 1.54) is 35.0 Å². The second-order valence-electron chi connectivity index (χ2n) is 8.93. The Kier molecular flexibility index (Phi) is 5.15. The lowest BCUT2D eigenvalue weighted by molar-refractivity contribution is -0.122. The molecule has 0 saturated carbocycles. The average molecular weight is 406 g/mol. The third-order valence-corrected chi connectivity index (χ3v) is 7.43. The van der Waals surface area contributed by atoms with E-state index in [-0.39, 0.29) is 11.3 Å². The van der Waals surface area contributed by atoms with Crippen molar-refractivity contribution in [2.75, 3.05) is 13.1 Å². The summed E-state index contributed by atoms with van der Waals surface area (Å²) in [5, 5.41) is 4.40. The average Bonchev–Trinajstić information content (AvgIpc) is 3.43. The van der Waals surface area contributed by atoms with E-state index in [0.29, 0.717) is 19.0 Å². The number of carbonyl (C=O) groups is 1. The fourth-order valence-electron chi connectivity index (χ4n) is 5.85. The zero-order valence-electron chi connectivity index (χ0n) is 17.7. The number of furan rings is 1. The molecule has 1 amide bonds. The van der Waals surface area contributed by atoms with Crippen LogP contribution in [-0.2, 0) is 17.8 Å². The molecule has 1 saturated heterocycles. The van der Waals surface area contributed by atoms with E-state index in [9.17, 15) is 4.79 Å². The number of carbonyl (C=O) groups excluding carboxylic acids is 1. The summed E-state index contributed by atoms with van der Waals surface area (Å²) < 4.78 is 5.33. The molecule has 4 heterocycles. The van der Waals surface area contributed by atoms with Gasteiger partial charge in [0.05, 0.1) is 18.8 Å². The Balaban J connectivity index is 1.38. The first kappa shape index (κ1) is 19.4. The Bertz CT molecular complexity index is 1020. The van der Waals surface area contributed by atoms with Crippen LogP contribution in [0.15, 0.2) is 47.1 Å². The largest absolute Gasteiger partial charge is 0.467 e. The number of nitrogens with zero attached hydrogens (tertiary/aromatic N) is 1. The summed E-state index contributed by atoms with van der Waals surface area (Å²) in [5.74, 6) is 0.913. The number of H-pyrrole nitrogens is 1. The second-order valence-corrected chi connectivity index (χ2v) is 8.93. The highest BCUT2D eigenvalue weighted by Gasteiger charge is 2.47. The summed E-state index contributed by atoms with van der Waals surface area (Å²) in [7, 11) is 0. The molecule has 2 aromatic heterocycles. The Hall–Kier alpha value is -2.53. The zero-order chi connectivity index (χ0) is 20.6. The fraction of sp³-hybridized carbons (Fsp3) is 0.480. The van der Waals surface area contributed by atoms with Crippen LogP contribution < -0.4 is 5.32 Å². The molecule has 3 aromatic rings. The van der Waals surface area contributed by atoms with Gasteiger partial charge in [0.25, 0.3) is 0 Å². The van der Waals surface area contributed by atoms with E-state index in [1.807, 2.05) is 12.1 Å². The van der Waals surface area contributed by atoms with Gasteiger partial charge in [-0.3, -0.25) is 9.69 Å². The van der Waals surface area contributed by atoms with E-state index in [1.54, 1.807) is 6.26 Å². The van der Waals surface area contributed by atoms with Gasteiger partial charge in [0.15, 0.2) is 0 Å². The molecule has 2 atom stereocenters. The van der Waals surface area contributed by atoms with Crippen molar-refractivity contribution >= 4 is 16.8 Å². The molecule has 0 aliphatic carbocycles. The predicted molar refractivity (Wildman–Crippen MR) is 118 cm³/mol. The molecule has 0 radical (unpaired) electrons. The van der Waals surface area contributed by atoms with E-state index in [0.717, 1.165) is 38.1 Å². The Morgan fingerprint density at radius 1 is 1.27 bits per heavy atom. The number of benzene rings is 1. The van der Waals surface area contributed by atoms with Crippen molar-refractivity contribution in [1.82, 2.24) is 15.2 Å². The molecule has 5 rings (SSSR count). The van der Waals surface area contributed by atoms with Crippen molar-refractivity contribution in [2.24, 2.45) is 5.41 Å². The van der Waals surface area contributed by atoms with Crippen molar-refractivity contribution in [1.29, 1.82) is 0 Å². The van der Waals surface area contributed by atoms with Crippen LogP contribution in [0.2, 0.25) is 0 Å². The van der Waals surface area contributed by atoms with E-state index < -0.39 is 0 Å². The van der Waals surface area contributed by atoms with E-state index in [4.69, 9.17) is 4.42 Å². The van der Waals surface area contributed by atoms with Crippen molar-refractivity contribution in [3.8, 4) is 0 Å². The van der Waals surface area contributed by atoms with Crippen LogP contribution in [0.25, 0.3) is 10.9 Å². The van der Waals surface area contributed by atoms with Gasteiger partial charge in [-0.1, -0.05) is 25.1 Å². The van der Waals surface area contributed by atoms with Gasteiger partial charge in [-0.05, 0) is 67.8 Å². The van der Waals surface area contributed by atoms with Gasteiger partial charge in [0.2, 0.25) is 5.91 Å². The lowest BCUT2D eigenvalue weighted by Crippen LogP contribution is -2.49. The minimum Gasteiger partial charge on any atom is -0.467 e. The highest BCUT2D eigenvalue weighted by Crippen LogP contribution is 2.53. The van der Waals surface area contributed by atoms with Crippen molar-refractivity contribution < 1.29 is 9.21 Å². The molecule has 0 unspecified atom stereocenters. The van der Waals surface area contributed by atoms with Gasteiger partial charge in [0.1, 0.15) is 5.76 Å². The molecule has 1 aromatic carbocycles. The maximum absolute atomic E-state index is 12.6. The maximum Gasteiger partial charge on any atom is 0.220 e. The topological polar surface area (TPSA) is 61.3 Å². The summed E-state index contributed by atoms with van der Waals surface area (Å²) in [6.45, 7) is 5.05. The molecular weight excluding hydrogens is 374 g/mol. The highest BCUT2D eigenvalue weighted by molar-refractivity contribution is 5.85. The lowest BCUT2D eigenvalue weighted by Gasteiger charge is -2.52. The molecule has 1 fully saturated rings. The van der Waals surface area contributed by atoms with Crippen LogP contribution in [0.4, 0.5) is 0 Å². The normalized spacial score (nSPS) is 23.8. The number of aromatic amines is 1. The molecule has 30 heavy (non-hydrogen) atoms. The molecule has 0 bridgehead atoms. The molecule has 0 spiro atoms. The van der Waals surface area contributed by atoms with Gasteiger partial charge in [-0.15, -0.1) is 0 Å². The molecule has 5 nitrogen and oxygen atoms in total. The van der Waals surface area contributed by atoms with Gasteiger partial charge in [0, 0.05) is 29.6 Å². The maximum atomic E-state index is 12.6. The lowest BCUT2D eigenvalue weighted by atomic mass is 9.65. The second kappa shape index (κ2) is 7.95. The SMILES string of the molecule is CC[C@]1(CCC(=O)NCc2ccco2)CCCN2CCc3c([nH]c4ccccc34)[C@@H]21. The van der Waals surface area contributed by atoms with Crippen LogP contribution in [0.1, 0.15) is 62.1 Å². The summed E-state index contributed by atoms with van der Waals surface area (Å²) in [5.41, 5.74) is 4.28. The highest BCUT2D eigenvalue weighted by atomic mass is 16.3. The summed E-state index contributed by atoms with van der Waals surface area (Å²) in [4.78, 5) is 19.1. The standard InChI is InChI=1S/C25H31N3O2/c1-2-25(13-10-22(29)26-17-18-7-5-16-30-18)12-6-14-28-15-11-20-19-8-3-4-9-21(19)27-23(20)24(25)28/h3-5,7-9,16,24,27H,2,6,10-15,17H2,1H3,(H,26,29)/t24-,25-/m1/s1. The summed E-state index contributed by atoms with van der Waals surface area (Å²) >= 11 is 0. The monoisotopic (exact) mass is 405 g/mol. The van der Waals surface area contributed by atoms with Gasteiger partial charge < -0.3 is 14.7 Å². The smallest absolute Gasteiger partial charge is 0.220 e. The van der Waals surface area contributed by atoms with Gasteiger partial charge in [-0.2, -0.15) is 0 Å². The third-order valence-electron chi connectivity index (χ3n) is 7.43. The number of hydrogen-bond acceptors (Lipinski definition) is 3. The molecule has 5 heteroatoms. The van der Waals surface area contributed by atoms with Crippen molar-refractivity contribution in [3.05, 3.63) is 59.7 Å². The summed E-state index contributed by atoms with van der Waals surface area (Å²) in [6.07, 6.45) is 7.73. The number of hydrogen-bond donors (Lipinski definition) is 2. The first-order chi connectivity index (χ1) is 14.7. The van der Waals surface area contributed by atoms with Gasteiger partial charge >= 0.3 is 0 Å². The quantitative estimate of drug-likeness (QED) is 0.610. The first-order valence-corrected chi connectivity index (χ1v) is 11.3. The molecule has 158 valence electrons. The van der Waals surface area contributed by atoms with Crippen molar-refractivity contribution in [2.45, 2.75) is 58.0 Å². The molecule has 2 aliphatic rings. The number of nitrogens with one attached hydrogen (secondary N) is 2. The van der Waals surface area contributed by atoms with Crippen LogP contribution in [0, 0.1) is 5.41 Å². The fourth-order valence-corrected chi connectivity index (χ4v) is 5.85. The van der Waals surface area contributed by atoms with Crippen molar-refractivity contribution in [3.63, 3.8) is 0 Å². The van der Waals surface area contributed by atoms with Gasteiger partial charge in [-0.25, -0.2) is 0 Å². The number of amides is 1. The molecular formula is C25H31N3O2. The Labute approximate surface area is 177 Å². The van der Waals surface area contributed by atoms with Crippen LogP contribution >= 0.6 is 0 Å². The summed E-state index contributed by atoms with van der Waals surface area (Å²) in [6, 6.07) is 12.8. The first-order valence-electron chi connectivity index (χ1n) is 11.3. The molecule has 2 aliphatic heterocycles. The zero-order valence-corrected chi connectivity index (χ0v) is 17.7. The van der Waals surface area contributed by atoms with Crippen LogP contribution in [-0.4, -0.2) is 28.9 Å². The Morgan fingerprint density at radius 3 is 3.00 bits per heavy atom. The number of rotatable bonds is 6. The number of fused-ring (bicyclic) bond motifs is 5. The number of piperidine rings is 1. The molecule has 2 N–H and O–H groups in total. The van der Waals surface area contributed by atoms with E-state index in [2.05, 4.69) is 46.4 Å². The Morgan fingerprint density at radius 2 is 2.17 bits per heavy atom. The third kappa shape index (κ3) is 3.35. The number of para-hydroxylation sites is 1. The minimum absolute atomic E-state index is 0.115.